The molecule has 2 N–H and O–H groups in total. The fourth-order valence-electron chi connectivity index (χ4n) is 4.30. The number of carbonyl (C=O) groups excluding carboxylic acids is 1. The van der Waals surface area contributed by atoms with Crippen LogP contribution >= 0.6 is 11.6 Å². The molecule has 0 radical (unpaired) electrons. The Morgan fingerprint density at radius 1 is 1.26 bits per heavy atom. The van der Waals surface area contributed by atoms with Crippen LogP contribution in [-0.4, -0.2) is 41.3 Å². The Labute approximate surface area is 221 Å². The van der Waals surface area contributed by atoms with E-state index in [1.807, 2.05) is 4.72 Å². The largest absolute Gasteiger partial charge is 0.755 e. The van der Waals surface area contributed by atoms with Gasteiger partial charge in [0.1, 0.15) is 22.4 Å². The van der Waals surface area contributed by atoms with Crippen LogP contribution in [0.1, 0.15) is 21.7 Å². The molecule has 4 aromatic heterocycles. The Morgan fingerprint density at radius 2 is 2.05 bits per heavy atom. The Morgan fingerprint density at radius 3 is 2.76 bits per heavy atom. The van der Waals surface area contributed by atoms with Crippen molar-refractivity contribution < 1.29 is 22.7 Å². The normalized spacial score (nSPS) is 12.1. The molecule has 0 aliphatic heterocycles. The van der Waals surface area contributed by atoms with E-state index >= 15 is 0 Å². The van der Waals surface area contributed by atoms with Gasteiger partial charge in [-0.2, -0.15) is 0 Å². The monoisotopic (exact) mass is 554 g/mol. The standard InChI is InChI=1S/C25H19ClFN5O5S/c1-12-17(27)10-19-21(29-12)20(16-4-3-7-28-24(16)33)22(25(34)31-38(35)36)32(19)11-14-8-13-5-6-15(37-2)9-18(13)30-23(14)26/h3-10H,11H2,1-2H3,(H,28,33)(H,31,34)(H,35,36)/p-1. The highest BCUT2D eigenvalue weighted by Crippen LogP contribution is 2.35. The van der Waals surface area contributed by atoms with Crippen LogP contribution in [0.4, 0.5) is 4.39 Å². The fourth-order valence-corrected chi connectivity index (χ4v) is 4.76. The molecule has 1 unspecified atom stereocenters. The van der Waals surface area contributed by atoms with Gasteiger partial charge in [-0.3, -0.25) is 18.5 Å². The number of hydrogen-bond donors (Lipinski definition) is 2. The van der Waals surface area contributed by atoms with Crippen LogP contribution in [0.3, 0.4) is 0 Å². The number of amides is 1. The summed E-state index contributed by atoms with van der Waals surface area (Å²) in [5.74, 6) is -1.11. The molecule has 1 atom stereocenters. The lowest BCUT2D eigenvalue weighted by molar-refractivity contribution is 0.0973. The molecule has 5 rings (SSSR count). The Kier molecular flexibility index (Phi) is 6.69. The van der Waals surface area contributed by atoms with Gasteiger partial charge in [0.05, 0.1) is 41.5 Å². The number of H-pyrrole nitrogens is 1. The van der Waals surface area contributed by atoms with Gasteiger partial charge in [0.15, 0.2) is 0 Å². The number of carbonyl (C=O) groups is 1. The van der Waals surface area contributed by atoms with E-state index in [-0.39, 0.29) is 45.2 Å². The molecule has 0 spiro atoms. The number of methoxy groups -OCH3 is 1. The lowest BCUT2D eigenvalue weighted by atomic mass is 10.1. The van der Waals surface area contributed by atoms with E-state index in [2.05, 4.69) is 15.0 Å². The van der Waals surface area contributed by atoms with E-state index in [1.54, 1.807) is 30.3 Å². The van der Waals surface area contributed by atoms with Crippen LogP contribution in [0, 0.1) is 12.7 Å². The lowest BCUT2D eigenvalue weighted by Gasteiger charge is -2.15. The Balaban J connectivity index is 1.82. The molecular formula is C25H18ClFN5O5S-. The van der Waals surface area contributed by atoms with Crippen molar-refractivity contribution in [3.05, 3.63) is 86.9 Å². The van der Waals surface area contributed by atoms with Crippen molar-refractivity contribution in [2.24, 2.45) is 0 Å². The minimum absolute atomic E-state index is 0.0296. The average molecular weight is 555 g/mol. The number of ether oxygens (including phenoxy) is 1. The molecule has 4 heterocycles. The van der Waals surface area contributed by atoms with Gasteiger partial charge in [0.25, 0.3) is 11.5 Å². The summed E-state index contributed by atoms with van der Waals surface area (Å²) >= 11 is 3.54. The zero-order chi connectivity index (χ0) is 27.1. The predicted octanol–water partition coefficient (Wildman–Crippen LogP) is 3.62. The summed E-state index contributed by atoms with van der Waals surface area (Å²) in [7, 11) is 1.53. The SMILES string of the molecule is COc1ccc2cc(Cn3c(C(=O)NS(=O)[O-])c(-c4ccc[nH]c4=O)c4nc(C)c(F)cc43)c(Cl)nc2c1. The number of rotatable bonds is 6. The van der Waals surface area contributed by atoms with Gasteiger partial charge >= 0.3 is 0 Å². The van der Waals surface area contributed by atoms with Crippen LogP contribution in [0.5, 0.6) is 5.75 Å². The van der Waals surface area contributed by atoms with E-state index in [0.717, 1.165) is 0 Å². The number of halogens is 2. The molecule has 10 nitrogen and oxygen atoms in total. The molecule has 0 aliphatic rings. The maximum absolute atomic E-state index is 14.8. The quantitative estimate of drug-likeness (QED) is 0.241. The first kappa shape index (κ1) is 25.5. The van der Waals surface area contributed by atoms with Crippen LogP contribution in [-0.2, 0) is 17.8 Å². The van der Waals surface area contributed by atoms with Gasteiger partial charge in [-0.1, -0.05) is 11.6 Å². The lowest BCUT2D eigenvalue weighted by Crippen LogP contribution is -2.28. The Hall–Kier alpha value is -4.13. The molecule has 0 saturated carbocycles. The van der Waals surface area contributed by atoms with E-state index < -0.39 is 28.6 Å². The zero-order valence-electron chi connectivity index (χ0n) is 19.9. The smallest absolute Gasteiger partial charge is 0.279 e. The molecule has 0 saturated heterocycles. The molecule has 13 heteroatoms. The Bertz CT molecular complexity index is 1840. The average Bonchev–Trinajstić information content (AvgIpc) is 3.17. The van der Waals surface area contributed by atoms with Crippen molar-refractivity contribution in [3.63, 3.8) is 0 Å². The molecule has 0 aliphatic carbocycles. The number of fused-ring (bicyclic) bond motifs is 2. The third kappa shape index (κ3) is 4.53. The molecule has 0 fully saturated rings. The van der Waals surface area contributed by atoms with E-state index in [4.69, 9.17) is 16.3 Å². The summed E-state index contributed by atoms with van der Waals surface area (Å²) in [4.78, 5) is 37.3. The van der Waals surface area contributed by atoms with Crippen LogP contribution in [0.15, 0.2) is 53.5 Å². The number of benzene rings is 1. The van der Waals surface area contributed by atoms with Gasteiger partial charge in [-0.05, 0) is 37.3 Å². The first-order valence-corrected chi connectivity index (χ1v) is 12.5. The fraction of sp³-hybridized carbons (Fsp3) is 0.120. The topological polar surface area (TPSA) is 142 Å². The second kappa shape index (κ2) is 9.97. The molecule has 194 valence electrons. The van der Waals surface area contributed by atoms with Crippen molar-refractivity contribution >= 4 is 50.7 Å². The summed E-state index contributed by atoms with van der Waals surface area (Å²) in [6.45, 7) is 1.32. The number of pyridine rings is 3. The molecule has 1 aromatic carbocycles. The minimum Gasteiger partial charge on any atom is -0.755 e. The second-order valence-electron chi connectivity index (χ2n) is 8.31. The summed E-state index contributed by atoms with van der Waals surface area (Å²) < 4.78 is 46.0. The van der Waals surface area contributed by atoms with Gasteiger partial charge in [0.2, 0.25) is 0 Å². The first-order valence-electron chi connectivity index (χ1n) is 11.1. The second-order valence-corrected chi connectivity index (χ2v) is 9.34. The number of nitrogens with one attached hydrogen (secondary N) is 2. The third-order valence-electron chi connectivity index (χ3n) is 6.02. The maximum Gasteiger partial charge on any atom is 0.279 e. The van der Waals surface area contributed by atoms with Crippen molar-refractivity contribution in [1.29, 1.82) is 0 Å². The number of nitrogens with zero attached hydrogens (tertiary/aromatic N) is 3. The van der Waals surface area contributed by atoms with Crippen molar-refractivity contribution in [2.75, 3.05) is 7.11 Å². The minimum atomic E-state index is -2.97. The third-order valence-corrected chi connectivity index (χ3v) is 6.70. The number of hydrogen-bond acceptors (Lipinski definition) is 7. The van der Waals surface area contributed by atoms with Gasteiger partial charge in [0, 0.05) is 46.1 Å². The van der Waals surface area contributed by atoms with Gasteiger partial charge in [-0.25, -0.2) is 14.4 Å². The number of aryl methyl sites for hydroxylation is 1. The van der Waals surface area contributed by atoms with Crippen molar-refractivity contribution in [1.82, 2.24) is 24.2 Å². The molecule has 1 amide bonds. The number of aromatic nitrogens is 4. The van der Waals surface area contributed by atoms with Gasteiger partial charge < -0.3 is 18.8 Å². The molecule has 0 bridgehead atoms. The van der Waals surface area contributed by atoms with Crippen molar-refractivity contribution in [2.45, 2.75) is 13.5 Å². The van der Waals surface area contributed by atoms with Crippen LogP contribution in [0.2, 0.25) is 5.15 Å². The number of aromatic amines is 1. The molecule has 5 aromatic rings. The highest BCUT2D eigenvalue weighted by Gasteiger charge is 2.28. The summed E-state index contributed by atoms with van der Waals surface area (Å²) in [6, 6.07) is 11.2. The van der Waals surface area contributed by atoms with Crippen molar-refractivity contribution in [3.8, 4) is 16.9 Å². The van der Waals surface area contributed by atoms with E-state index in [9.17, 15) is 22.7 Å². The predicted molar refractivity (Wildman–Crippen MR) is 139 cm³/mol. The highest BCUT2D eigenvalue weighted by atomic mass is 35.5. The van der Waals surface area contributed by atoms with Crippen LogP contribution < -0.4 is 15.0 Å². The summed E-state index contributed by atoms with van der Waals surface area (Å²) in [5.41, 5.74) is 0.659. The van der Waals surface area contributed by atoms with Gasteiger partial charge in [-0.15, -0.1) is 0 Å². The zero-order valence-corrected chi connectivity index (χ0v) is 21.4. The first-order chi connectivity index (χ1) is 18.2. The molecule has 38 heavy (non-hydrogen) atoms. The van der Waals surface area contributed by atoms with E-state index in [1.165, 1.54) is 36.9 Å². The summed E-state index contributed by atoms with van der Waals surface area (Å²) in [5, 5.41) is 0.819. The summed E-state index contributed by atoms with van der Waals surface area (Å²) in [6.07, 6.45) is 1.41. The highest BCUT2D eigenvalue weighted by molar-refractivity contribution is 7.77. The van der Waals surface area contributed by atoms with E-state index in [0.29, 0.717) is 22.2 Å². The van der Waals surface area contributed by atoms with Crippen LogP contribution in [0.25, 0.3) is 33.1 Å². The maximum atomic E-state index is 14.8. The molecular weight excluding hydrogens is 537 g/mol.